The Kier molecular flexibility index (Phi) is 5.18. The molecule has 0 unspecified atom stereocenters. The minimum absolute atomic E-state index is 0.172. The van der Waals surface area contributed by atoms with Crippen LogP contribution in [0.3, 0.4) is 0 Å². The molecule has 1 aliphatic rings. The fourth-order valence-electron chi connectivity index (χ4n) is 2.71. The van der Waals surface area contributed by atoms with E-state index < -0.39 is 0 Å². The van der Waals surface area contributed by atoms with Crippen LogP contribution in [0.4, 0.5) is 0 Å². The molecule has 0 radical (unpaired) electrons. The van der Waals surface area contributed by atoms with Gasteiger partial charge in [0.2, 0.25) is 0 Å². The molecule has 0 bridgehead atoms. The minimum atomic E-state index is 0.172. The number of carbonyl (C=O) groups excluding carboxylic acids is 1. The third-order valence-corrected chi connectivity index (χ3v) is 4.01. The number of likely N-dealkylation sites (tertiary alicyclic amines) is 1. The molecule has 0 atom stereocenters. The van der Waals surface area contributed by atoms with Crippen LogP contribution in [0.5, 0.6) is 5.75 Å². The Hall–Kier alpha value is -1.35. The maximum absolute atomic E-state index is 12.5. The van der Waals surface area contributed by atoms with Gasteiger partial charge in [0, 0.05) is 0 Å². The van der Waals surface area contributed by atoms with E-state index in [1.165, 1.54) is 24.8 Å². The van der Waals surface area contributed by atoms with Gasteiger partial charge in [-0.25, -0.2) is 0 Å². The highest BCUT2D eigenvalue weighted by atomic mass is 16.5. The summed E-state index contributed by atoms with van der Waals surface area (Å²) in [5.41, 5.74) is 1.91. The molecule has 3 nitrogen and oxygen atoms in total. The van der Waals surface area contributed by atoms with Crippen LogP contribution in [0.2, 0.25) is 0 Å². The van der Waals surface area contributed by atoms with Crippen LogP contribution in [0.1, 0.15) is 54.9 Å². The Bertz CT molecular complexity index is 462. The van der Waals surface area contributed by atoms with Crippen molar-refractivity contribution in [2.24, 2.45) is 0 Å². The Labute approximate surface area is 121 Å². The largest absolute Gasteiger partial charge is 0.496 e. The fraction of sp³-hybridized carbons (Fsp3) is 0.588. The summed E-state index contributed by atoms with van der Waals surface area (Å²) in [5.74, 6) is 1.28. The smallest absolute Gasteiger partial charge is 0.180 e. The van der Waals surface area contributed by atoms with Gasteiger partial charge in [-0.05, 0) is 49.5 Å². The van der Waals surface area contributed by atoms with Crippen LogP contribution >= 0.6 is 0 Å². The molecule has 1 aromatic rings. The standard InChI is InChI=1S/C17H25NO2/c1-13(2)14-7-8-17(20-3)15(11-14)16(19)12-18-9-5-4-6-10-18/h7-8,11,13H,4-6,9-10,12H2,1-3H3. The maximum Gasteiger partial charge on any atom is 0.180 e. The molecular weight excluding hydrogens is 250 g/mol. The highest BCUT2D eigenvalue weighted by Gasteiger charge is 2.18. The van der Waals surface area contributed by atoms with Crippen molar-refractivity contribution in [3.63, 3.8) is 0 Å². The highest BCUT2D eigenvalue weighted by molar-refractivity contribution is 6.00. The Morgan fingerprint density at radius 3 is 2.55 bits per heavy atom. The average Bonchev–Trinajstić information content (AvgIpc) is 2.47. The molecule has 0 spiro atoms. The summed E-state index contributed by atoms with van der Waals surface area (Å²) in [6.45, 7) is 6.87. The zero-order chi connectivity index (χ0) is 14.5. The van der Waals surface area contributed by atoms with Gasteiger partial charge >= 0.3 is 0 Å². The molecule has 2 rings (SSSR count). The van der Waals surface area contributed by atoms with E-state index in [4.69, 9.17) is 4.74 Å². The molecule has 1 aliphatic heterocycles. The summed E-state index contributed by atoms with van der Waals surface area (Å²) in [4.78, 5) is 14.8. The van der Waals surface area contributed by atoms with Crippen LogP contribution in [0.15, 0.2) is 18.2 Å². The molecule has 0 saturated carbocycles. The number of piperidine rings is 1. The molecule has 1 heterocycles. The van der Waals surface area contributed by atoms with Gasteiger partial charge in [0.25, 0.3) is 0 Å². The Morgan fingerprint density at radius 2 is 1.95 bits per heavy atom. The predicted octanol–water partition coefficient (Wildman–Crippen LogP) is 3.49. The first-order chi connectivity index (χ1) is 9.61. The summed E-state index contributed by atoms with van der Waals surface area (Å²) in [5, 5.41) is 0. The topological polar surface area (TPSA) is 29.5 Å². The molecular formula is C17H25NO2. The maximum atomic E-state index is 12.5. The molecule has 0 N–H and O–H groups in total. The molecule has 3 heteroatoms. The van der Waals surface area contributed by atoms with Gasteiger partial charge in [0.15, 0.2) is 5.78 Å². The van der Waals surface area contributed by atoms with Crippen LogP contribution in [0, 0.1) is 0 Å². The van der Waals surface area contributed by atoms with Crippen molar-refractivity contribution in [1.82, 2.24) is 4.90 Å². The van der Waals surface area contributed by atoms with Gasteiger partial charge in [-0.15, -0.1) is 0 Å². The number of nitrogens with zero attached hydrogens (tertiary/aromatic N) is 1. The summed E-state index contributed by atoms with van der Waals surface area (Å²) in [6.07, 6.45) is 3.70. The van der Waals surface area contributed by atoms with Crippen molar-refractivity contribution in [3.8, 4) is 5.75 Å². The van der Waals surface area contributed by atoms with Gasteiger partial charge in [-0.2, -0.15) is 0 Å². The molecule has 1 fully saturated rings. The zero-order valence-corrected chi connectivity index (χ0v) is 12.8. The number of carbonyl (C=O) groups is 1. The molecule has 20 heavy (non-hydrogen) atoms. The molecule has 1 aromatic carbocycles. The van der Waals surface area contributed by atoms with Crippen molar-refractivity contribution in [2.75, 3.05) is 26.7 Å². The van der Waals surface area contributed by atoms with E-state index in [2.05, 4.69) is 18.7 Å². The van der Waals surface area contributed by atoms with Gasteiger partial charge in [-0.3, -0.25) is 9.69 Å². The number of benzene rings is 1. The molecule has 110 valence electrons. The Morgan fingerprint density at radius 1 is 1.25 bits per heavy atom. The zero-order valence-electron chi connectivity index (χ0n) is 12.8. The molecule has 1 saturated heterocycles. The monoisotopic (exact) mass is 275 g/mol. The van der Waals surface area contributed by atoms with Gasteiger partial charge in [-0.1, -0.05) is 26.3 Å². The summed E-state index contributed by atoms with van der Waals surface area (Å²) in [7, 11) is 1.63. The summed E-state index contributed by atoms with van der Waals surface area (Å²) >= 11 is 0. The lowest BCUT2D eigenvalue weighted by atomic mass is 9.98. The van der Waals surface area contributed by atoms with Gasteiger partial charge in [0.05, 0.1) is 19.2 Å². The van der Waals surface area contributed by atoms with Crippen molar-refractivity contribution in [1.29, 1.82) is 0 Å². The van der Waals surface area contributed by atoms with E-state index in [9.17, 15) is 4.79 Å². The van der Waals surface area contributed by atoms with E-state index in [1.807, 2.05) is 18.2 Å². The number of hydrogen-bond donors (Lipinski definition) is 0. The number of methoxy groups -OCH3 is 1. The lowest BCUT2D eigenvalue weighted by Crippen LogP contribution is -2.34. The second kappa shape index (κ2) is 6.89. The average molecular weight is 275 g/mol. The van der Waals surface area contributed by atoms with Gasteiger partial charge in [0.1, 0.15) is 5.75 Å². The third-order valence-electron chi connectivity index (χ3n) is 4.01. The number of rotatable bonds is 5. The van der Waals surface area contributed by atoms with E-state index in [1.54, 1.807) is 7.11 Å². The summed E-state index contributed by atoms with van der Waals surface area (Å²) < 4.78 is 5.35. The van der Waals surface area contributed by atoms with Crippen LogP contribution in [0.25, 0.3) is 0 Å². The van der Waals surface area contributed by atoms with Crippen molar-refractivity contribution in [2.45, 2.75) is 39.0 Å². The van der Waals surface area contributed by atoms with Crippen LogP contribution in [-0.2, 0) is 0 Å². The second-order valence-electron chi connectivity index (χ2n) is 5.87. The number of ether oxygens (including phenoxy) is 1. The van der Waals surface area contributed by atoms with E-state index in [-0.39, 0.29) is 5.78 Å². The first kappa shape index (κ1) is 15.0. The fourth-order valence-corrected chi connectivity index (χ4v) is 2.71. The number of ketones is 1. The first-order valence-corrected chi connectivity index (χ1v) is 7.55. The van der Waals surface area contributed by atoms with E-state index in [0.717, 1.165) is 18.7 Å². The predicted molar refractivity (Wildman–Crippen MR) is 81.7 cm³/mol. The lowest BCUT2D eigenvalue weighted by Gasteiger charge is -2.26. The molecule has 0 aliphatic carbocycles. The van der Waals surface area contributed by atoms with Crippen LogP contribution < -0.4 is 4.74 Å². The third kappa shape index (κ3) is 3.60. The number of hydrogen-bond acceptors (Lipinski definition) is 3. The lowest BCUT2D eigenvalue weighted by molar-refractivity contribution is 0.0912. The van der Waals surface area contributed by atoms with E-state index in [0.29, 0.717) is 18.2 Å². The minimum Gasteiger partial charge on any atom is -0.496 e. The van der Waals surface area contributed by atoms with Crippen LogP contribution in [-0.4, -0.2) is 37.4 Å². The van der Waals surface area contributed by atoms with Crippen molar-refractivity contribution < 1.29 is 9.53 Å². The van der Waals surface area contributed by atoms with Crippen molar-refractivity contribution in [3.05, 3.63) is 29.3 Å². The normalized spacial score (nSPS) is 16.4. The highest BCUT2D eigenvalue weighted by Crippen LogP contribution is 2.25. The first-order valence-electron chi connectivity index (χ1n) is 7.55. The van der Waals surface area contributed by atoms with E-state index >= 15 is 0 Å². The molecule has 0 amide bonds. The van der Waals surface area contributed by atoms with Crippen molar-refractivity contribution >= 4 is 5.78 Å². The second-order valence-corrected chi connectivity index (χ2v) is 5.87. The Balaban J connectivity index is 2.16. The molecule has 0 aromatic heterocycles. The quantitative estimate of drug-likeness (QED) is 0.770. The van der Waals surface area contributed by atoms with Gasteiger partial charge < -0.3 is 4.74 Å². The SMILES string of the molecule is COc1ccc(C(C)C)cc1C(=O)CN1CCCCC1. The number of Topliss-reactive ketones (excluding diaryl/α,β-unsaturated/α-hetero) is 1. The summed E-state index contributed by atoms with van der Waals surface area (Å²) in [6, 6.07) is 5.95.